The fraction of sp³-hybridized carbons (Fsp3) is 0.600. The van der Waals surface area contributed by atoms with E-state index in [1.807, 2.05) is 52.0 Å². The van der Waals surface area contributed by atoms with Gasteiger partial charge in [0.05, 0.1) is 13.2 Å². The van der Waals surface area contributed by atoms with Crippen LogP contribution in [0.3, 0.4) is 0 Å². The van der Waals surface area contributed by atoms with Crippen LogP contribution in [0.25, 0.3) is 0 Å². The Balaban J connectivity index is 0.00000729. The molecule has 0 aliphatic rings. The lowest BCUT2D eigenvalue weighted by Crippen LogP contribution is -2.37. The maximum Gasteiger partial charge on any atom is 0.225 e. The molecule has 160 valence electrons. The Morgan fingerprint density at radius 1 is 1.18 bits per heavy atom. The number of amides is 1. The third kappa shape index (κ3) is 11.3. The molecule has 28 heavy (non-hydrogen) atoms. The maximum absolute atomic E-state index is 11.9. The molecule has 7 nitrogen and oxygen atoms in total. The molecule has 0 saturated carbocycles. The molecule has 1 amide bonds. The van der Waals surface area contributed by atoms with Crippen LogP contribution in [0.2, 0.25) is 0 Å². The first-order chi connectivity index (χ1) is 12.9. The second kappa shape index (κ2) is 14.4. The van der Waals surface area contributed by atoms with Gasteiger partial charge in [-0.3, -0.25) is 9.79 Å². The first-order valence-electron chi connectivity index (χ1n) is 9.42. The number of aliphatic imine (C=N–C) groups is 1. The van der Waals surface area contributed by atoms with E-state index in [4.69, 9.17) is 9.47 Å². The van der Waals surface area contributed by atoms with Crippen molar-refractivity contribution in [3.63, 3.8) is 0 Å². The van der Waals surface area contributed by atoms with Crippen LogP contribution in [-0.4, -0.2) is 51.8 Å². The maximum atomic E-state index is 11.9. The monoisotopic (exact) mass is 506 g/mol. The number of carbonyl (C=O) groups excluding carboxylic acids is 1. The highest BCUT2D eigenvalue weighted by molar-refractivity contribution is 14.0. The quantitative estimate of drug-likeness (QED) is 0.197. The zero-order valence-corrected chi connectivity index (χ0v) is 20.0. The van der Waals surface area contributed by atoms with Crippen molar-refractivity contribution in [2.75, 3.05) is 45.3 Å². The Morgan fingerprint density at radius 2 is 1.93 bits per heavy atom. The lowest BCUT2D eigenvalue weighted by molar-refractivity contribution is -0.128. The number of halogens is 1. The Hall–Kier alpha value is -1.55. The molecule has 1 aromatic rings. The Kier molecular flexibility index (Phi) is 13.6. The number of guanidine groups is 1. The molecule has 0 unspecified atom stereocenters. The van der Waals surface area contributed by atoms with E-state index >= 15 is 0 Å². The number of methoxy groups -OCH3 is 1. The minimum absolute atomic E-state index is 0. The number of hydrogen-bond acceptors (Lipinski definition) is 4. The van der Waals surface area contributed by atoms with Crippen LogP contribution >= 0.6 is 24.0 Å². The number of rotatable bonds is 10. The molecule has 1 rings (SSSR count). The number of anilines is 1. The van der Waals surface area contributed by atoms with Gasteiger partial charge < -0.3 is 25.4 Å². The Labute approximate surface area is 186 Å². The van der Waals surface area contributed by atoms with Crippen molar-refractivity contribution in [1.82, 2.24) is 10.6 Å². The normalized spacial score (nSPS) is 11.4. The summed E-state index contributed by atoms with van der Waals surface area (Å²) in [5.74, 6) is 1.48. The van der Waals surface area contributed by atoms with E-state index in [0.29, 0.717) is 32.3 Å². The summed E-state index contributed by atoms with van der Waals surface area (Å²) in [6.07, 6.45) is 0.846. The van der Waals surface area contributed by atoms with Crippen LogP contribution < -0.4 is 20.7 Å². The van der Waals surface area contributed by atoms with Crippen molar-refractivity contribution in [1.29, 1.82) is 0 Å². The molecule has 0 aliphatic heterocycles. The molecule has 1 aromatic carbocycles. The van der Waals surface area contributed by atoms with Gasteiger partial charge in [0.1, 0.15) is 5.75 Å². The van der Waals surface area contributed by atoms with Crippen LogP contribution in [0.1, 0.15) is 34.1 Å². The minimum atomic E-state index is -0.393. The average molecular weight is 506 g/mol. The van der Waals surface area contributed by atoms with E-state index < -0.39 is 5.41 Å². The number of carbonyl (C=O) groups is 1. The summed E-state index contributed by atoms with van der Waals surface area (Å²) in [4.78, 5) is 16.4. The number of benzene rings is 1. The zero-order chi connectivity index (χ0) is 20.1. The van der Waals surface area contributed by atoms with Crippen LogP contribution in [0, 0.1) is 5.41 Å². The number of ether oxygens (including phenoxy) is 2. The molecule has 3 N–H and O–H groups in total. The summed E-state index contributed by atoms with van der Waals surface area (Å²) in [5, 5.41) is 9.35. The van der Waals surface area contributed by atoms with Crippen LogP contribution in [0.5, 0.6) is 5.75 Å². The second-order valence-electron chi connectivity index (χ2n) is 7.11. The summed E-state index contributed by atoms with van der Waals surface area (Å²) in [6.45, 7) is 10.7. The topological polar surface area (TPSA) is 84.0 Å². The molecular weight excluding hydrogens is 471 g/mol. The molecule has 0 spiro atoms. The SMILES string of the molecule is CCNC(=NCCNC(=O)C(C)(C)C)Nc1cccc(OCCCOC)c1.I. The van der Waals surface area contributed by atoms with Crippen molar-refractivity contribution in [3.8, 4) is 5.75 Å². The lowest BCUT2D eigenvalue weighted by atomic mass is 9.96. The smallest absolute Gasteiger partial charge is 0.225 e. The standard InChI is InChI=1S/C20H34N4O3.HI/c1-6-21-19(23-12-11-22-18(25)20(2,3)4)24-16-9-7-10-17(15-16)27-14-8-13-26-5;/h7,9-10,15H,6,8,11-14H2,1-5H3,(H,22,25)(H2,21,23,24);1H. The third-order valence-electron chi connectivity index (χ3n) is 3.55. The summed E-state index contributed by atoms with van der Waals surface area (Å²) in [7, 11) is 1.68. The third-order valence-corrected chi connectivity index (χ3v) is 3.55. The molecule has 0 fully saturated rings. The van der Waals surface area contributed by atoms with Crippen molar-refractivity contribution < 1.29 is 14.3 Å². The molecule has 0 bridgehead atoms. The molecule has 0 atom stereocenters. The minimum Gasteiger partial charge on any atom is -0.493 e. The molecule has 0 saturated heterocycles. The summed E-state index contributed by atoms with van der Waals surface area (Å²) in [6, 6.07) is 7.74. The first kappa shape index (κ1) is 26.4. The van der Waals surface area contributed by atoms with Crippen molar-refractivity contribution in [3.05, 3.63) is 24.3 Å². The van der Waals surface area contributed by atoms with Gasteiger partial charge in [-0.05, 0) is 19.1 Å². The predicted molar refractivity (Wildman–Crippen MR) is 126 cm³/mol. The lowest BCUT2D eigenvalue weighted by Gasteiger charge is -2.17. The summed E-state index contributed by atoms with van der Waals surface area (Å²) < 4.78 is 10.7. The van der Waals surface area contributed by atoms with Gasteiger partial charge in [-0.2, -0.15) is 0 Å². The van der Waals surface area contributed by atoms with Crippen LogP contribution in [0.4, 0.5) is 5.69 Å². The molecule has 0 aromatic heterocycles. The highest BCUT2D eigenvalue weighted by atomic mass is 127. The van der Waals surface area contributed by atoms with Gasteiger partial charge in [-0.25, -0.2) is 0 Å². The van der Waals surface area contributed by atoms with Gasteiger partial charge in [-0.1, -0.05) is 26.8 Å². The predicted octanol–water partition coefficient (Wildman–Crippen LogP) is 3.26. The van der Waals surface area contributed by atoms with Crippen molar-refractivity contribution in [2.45, 2.75) is 34.1 Å². The molecule has 0 heterocycles. The van der Waals surface area contributed by atoms with Gasteiger partial charge in [0, 0.05) is 50.4 Å². The molecule has 0 radical (unpaired) electrons. The van der Waals surface area contributed by atoms with Crippen LogP contribution in [-0.2, 0) is 9.53 Å². The average Bonchev–Trinajstić information content (AvgIpc) is 2.62. The second-order valence-corrected chi connectivity index (χ2v) is 7.11. The highest BCUT2D eigenvalue weighted by Gasteiger charge is 2.20. The summed E-state index contributed by atoms with van der Waals surface area (Å²) in [5.41, 5.74) is 0.494. The van der Waals surface area contributed by atoms with Crippen molar-refractivity contribution in [2.24, 2.45) is 10.4 Å². The van der Waals surface area contributed by atoms with Gasteiger partial charge in [0.15, 0.2) is 5.96 Å². The van der Waals surface area contributed by atoms with E-state index in [1.165, 1.54) is 0 Å². The van der Waals surface area contributed by atoms with Crippen molar-refractivity contribution >= 4 is 41.5 Å². The van der Waals surface area contributed by atoms with E-state index in [0.717, 1.165) is 24.4 Å². The Bertz CT molecular complexity index is 603. The fourth-order valence-corrected chi connectivity index (χ4v) is 2.10. The first-order valence-corrected chi connectivity index (χ1v) is 9.42. The zero-order valence-electron chi connectivity index (χ0n) is 17.6. The number of nitrogens with zero attached hydrogens (tertiary/aromatic N) is 1. The van der Waals surface area contributed by atoms with E-state index in [1.54, 1.807) is 7.11 Å². The van der Waals surface area contributed by atoms with Gasteiger partial charge in [0.25, 0.3) is 0 Å². The number of hydrogen-bond donors (Lipinski definition) is 3. The number of nitrogens with one attached hydrogen (secondary N) is 3. The Morgan fingerprint density at radius 3 is 2.57 bits per heavy atom. The van der Waals surface area contributed by atoms with Gasteiger partial charge in [-0.15, -0.1) is 24.0 Å². The van der Waals surface area contributed by atoms with Crippen LogP contribution in [0.15, 0.2) is 29.3 Å². The highest BCUT2D eigenvalue weighted by Crippen LogP contribution is 2.17. The van der Waals surface area contributed by atoms with E-state index in [-0.39, 0.29) is 29.9 Å². The fourth-order valence-electron chi connectivity index (χ4n) is 2.10. The molecule has 8 heteroatoms. The van der Waals surface area contributed by atoms with Gasteiger partial charge in [0.2, 0.25) is 5.91 Å². The van der Waals surface area contributed by atoms with E-state index in [2.05, 4.69) is 20.9 Å². The largest absolute Gasteiger partial charge is 0.493 e. The summed E-state index contributed by atoms with van der Waals surface area (Å²) >= 11 is 0. The van der Waals surface area contributed by atoms with E-state index in [9.17, 15) is 4.79 Å². The molecule has 0 aliphatic carbocycles. The van der Waals surface area contributed by atoms with Gasteiger partial charge >= 0.3 is 0 Å². The molecular formula is C20H35IN4O3.